The summed E-state index contributed by atoms with van der Waals surface area (Å²) in [4.78, 5) is 10.8. The van der Waals surface area contributed by atoms with Gasteiger partial charge in [0.1, 0.15) is 5.82 Å². The van der Waals surface area contributed by atoms with Gasteiger partial charge in [-0.15, -0.1) is 0 Å². The molecule has 1 fully saturated rings. The van der Waals surface area contributed by atoms with Gasteiger partial charge in [0.05, 0.1) is 6.10 Å². The first-order valence-corrected chi connectivity index (χ1v) is 6.41. The summed E-state index contributed by atoms with van der Waals surface area (Å²) in [5.41, 5.74) is 3.42. The molecule has 0 spiro atoms. The number of hydrazine groups is 1. The maximum atomic E-state index is 5.64. The van der Waals surface area contributed by atoms with Crippen molar-refractivity contribution in [2.45, 2.75) is 32.8 Å². The van der Waals surface area contributed by atoms with Crippen molar-refractivity contribution in [1.29, 1.82) is 0 Å². The third-order valence-corrected chi connectivity index (χ3v) is 3.14. The number of anilines is 2. The highest BCUT2D eigenvalue weighted by Crippen LogP contribution is 2.21. The van der Waals surface area contributed by atoms with E-state index < -0.39 is 0 Å². The number of nitrogens with zero attached hydrogens (tertiary/aromatic N) is 3. The molecule has 2 rings (SSSR count). The summed E-state index contributed by atoms with van der Waals surface area (Å²) >= 11 is 0. The smallest absolute Gasteiger partial charge is 0.239 e. The maximum absolute atomic E-state index is 5.64. The minimum Gasteiger partial charge on any atom is -0.378 e. The second kappa shape index (κ2) is 5.97. The monoisotopic (exact) mass is 251 g/mol. The van der Waals surface area contributed by atoms with E-state index in [0.717, 1.165) is 44.0 Å². The highest BCUT2D eigenvalue weighted by molar-refractivity contribution is 5.44. The zero-order valence-corrected chi connectivity index (χ0v) is 11.0. The lowest BCUT2D eigenvalue weighted by Crippen LogP contribution is -2.37. The molecule has 0 atom stereocenters. The van der Waals surface area contributed by atoms with Gasteiger partial charge in [-0.1, -0.05) is 0 Å². The minimum absolute atomic E-state index is 0.390. The quantitative estimate of drug-likeness (QED) is 0.616. The van der Waals surface area contributed by atoms with Gasteiger partial charge in [-0.3, -0.25) is 5.43 Å². The molecule has 0 amide bonds. The molecule has 0 radical (unpaired) electrons. The van der Waals surface area contributed by atoms with Crippen molar-refractivity contribution >= 4 is 11.8 Å². The van der Waals surface area contributed by atoms with Gasteiger partial charge in [0.15, 0.2) is 0 Å². The lowest BCUT2D eigenvalue weighted by molar-refractivity contribution is 0.0458. The number of aromatic nitrogens is 2. The molecule has 0 unspecified atom stereocenters. The number of nitrogens with one attached hydrogen (secondary N) is 1. The molecular formula is C12H21N5O. The van der Waals surface area contributed by atoms with E-state index in [0.29, 0.717) is 12.1 Å². The Labute approximate surface area is 108 Å². The van der Waals surface area contributed by atoms with E-state index >= 15 is 0 Å². The fourth-order valence-electron chi connectivity index (χ4n) is 2.27. The van der Waals surface area contributed by atoms with Crippen LogP contribution in [-0.4, -0.2) is 35.8 Å². The summed E-state index contributed by atoms with van der Waals surface area (Å²) < 4.78 is 5.64. The van der Waals surface area contributed by atoms with E-state index in [9.17, 15) is 0 Å². The molecule has 1 aliphatic heterocycles. The van der Waals surface area contributed by atoms with Crippen molar-refractivity contribution in [2.75, 3.05) is 30.0 Å². The normalized spacial score (nSPS) is 16.9. The Morgan fingerprint density at radius 2 is 2.17 bits per heavy atom. The van der Waals surface area contributed by atoms with Crippen LogP contribution in [-0.2, 0) is 4.74 Å². The number of hydrogen-bond donors (Lipinski definition) is 2. The van der Waals surface area contributed by atoms with E-state index in [1.54, 1.807) is 0 Å². The fraction of sp³-hybridized carbons (Fsp3) is 0.667. The average molecular weight is 251 g/mol. The van der Waals surface area contributed by atoms with E-state index in [4.69, 9.17) is 10.6 Å². The number of piperidine rings is 1. The molecule has 2 heterocycles. The summed E-state index contributed by atoms with van der Waals surface area (Å²) in [6, 6.07) is 1.99. The van der Waals surface area contributed by atoms with Crippen molar-refractivity contribution in [2.24, 2.45) is 5.84 Å². The summed E-state index contributed by atoms with van der Waals surface area (Å²) in [7, 11) is 0. The zero-order valence-electron chi connectivity index (χ0n) is 11.0. The Bertz CT molecular complexity index is 390. The summed E-state index contributed by atoms with van der Waals surface area (Å²) in [6.07, 6.45) is 2.48. The maximum Gasteiger partial charge on any atom is 0.239 e. The average Bonchev–Trinajstić information content (AvgIpc) is 2.39. The van der Waals surface area contributed by atoms with Crippen molar-refractivity contribution in [3.05, 3.63) is 11.8 Å². The number of ether oxygens (including phenoxy) is 1. The molecule has 100 valence electrons. The topological polar surface area (TPSA) is 76.3 Å². The first-order chi connectivity index (χ1) is 8.72. The number of nitrogens with two attached hydrogens (primary N) is 1. The van der Waals surface area contributed by atoms with Gasteiger partial charge in [0.2, 0.25) is 5.95 Å². The van der Waals surface area contributed by atoms with Crippen LogP contribution < -0.4 is 16.2 Å². The predicted molar refractivity (Wildman–Crippen MR) is 71.4 cm³/mol. The van der Waals surface area contributed by atoms with Crippen LogP contribution in [0.3, 0.4) is 0 Å². The molecule has 3 N–H and O–H groups in total. The van der Waals surface area contributed by atoms with E-state index in [-0.39, 0.29) is 0 Å². The molecule has 1 saturated heterocycles. The molecule has 0 saturated carbocycles. The second-order valence-electron chi connectivity index (χ2n) is 4.48. The first kappa shape index (κ1) is 13.0. The molecule has 1 aromatic heterocycles. The lowest BCUT2D eigenvalue weighted by atomic mass is 10.1. The van der Waals surface area contributed by atoms with E-state index in [2.05, 4.69) is 20.3 Å². The summed E-state index contributed by atoms with van der Waals surface area (Å²) in [5.74, 6) is 6.77. The Balaban J connectivity index is 2.02. The Kier molecular flexibility index (Phi) is 4.33. The highest BCUT2D eigenvalue weighted by atomic mass is 16.5. The Hall–Kier alpha value is -1.40. The molecule has 1 aliphatic rings. The minimum atomic E-state index is 0.390. The van der Waals surface area contributed by atoms with Crippen LogP contribution in [0.4, 0.5) is 11.8 Å². The standard InChI is InChI=1S/C12H21N5O/c1-3-18-10-4-6-17(7-5-10)11-8-9(2)14-12(15-11)16-13/h8,10H,3-7,13H2,1-2H3,(H,14,15,16). The Morgan fingerprint density at radius 1 is 1.44 bits per heavy atom. The molecule has 0 aromatic carbocycles. The van der Waals surface area contributed by atoms with E-state index in [1.165, 1.54) is 0 Å². The van der Waals surface area contributed by atoms with Crippen LogP contribution in [0.1, 0.15) is 25.5 Å². The molecule has 18 heavy (non-hydrogen) atoms. The highest BCUT2D eigenvalue weighted by Gasteiger charge is 2.20. The van der Waals surface area contributed by atoms with Gasteiger partial charge in [-0.05, 0) is 26.7 Å². The second-order valence-corrected chi connectivity index (χ2v) is 4.48. The van der Waals surface area contributed by atoms with Gasteiger partial charge >= 0.3 is 0 Å². The van der Waals surface area contributed by atoms with Crippen LogP contribution in [0.25, 0.3) is 0 Å². The zero-order chi connectivity index (χ0) is 13.0. The predicted octanol–water partition coefficient (Wildman–Crippen LogP) is 1.08. The number of aryl methyl sites for hydroxylation is 1. The number of nitrogen functional groups attached to an aromatic ring is 1. The third-order valence-electron chi connectivity index (χ3n) is 3.14. The van der Waals surface area contributed by atoms with Crippen LogP contribution >= 0.6 is 0 Å². The van der Waals surface area contributed by atoms with Crippen molar-refractivity contribution < 1.29 is 4.74 Å². The van der Waals surface area contributed by atoms with Gasteiger partial charge in [0.25, 0.3) is 0 Å². The van der Waals surface area contributed by atoms with Gasteiger partial charge in [-0.25, -0.2) is 10.8 Å². The van der Waals surface area contributed by atoms with Crippen molar-refractivity contribution in [1.82, 2.24) is 9.97 Å². The lowest BCUT2D eigenvalue weighted by Gasteiger charge is -2.32. The van der Waals surface area contributed by atoms with Gasteiger partial charge < -0.3 is 9.64 Å². The SMILES string of the molecule is CCOC1CCN(c2cc(C)nc(NN)n2)CC1. The molecule has 6 nitrogen and oxygen atoms in total. The van der Waals surface area contributed by atoms with Crippen molar-refractivity contribution in [3.8, 4) is 0 Å². The van der Waals surface area contributed by atoms with Crippen LogP contribution in [0.2, 0.25) is 0 Å². The molecular weight excluding hydrogens is 230 g/mol. The van der Waals surface area contributed by atoms with E-state index in [1.807, 2.05) is 19.9 Å². The molecule has 1 aromatic rings. The molecule has 0 bridgehead atoms. The Morgan fingerprint density at radius 3 is 2.78 bits per heavy atom. The van der Waals surface area contributed by atoms with Crippen LogP contribution in [0.5, 0.6) is 0 Å². The summed E-state index contributed by atoms with van der Waals surface area (Å²) in [6.45, 7) is 6.70. The summed E-state index contributed by atoms with van der Waals surface area (Å²) in [5, 5.41) is 0. The van der Waals surface area contributed by atoms with Crippen molar-refractivity contribution in [3.63, 3.8) is 0 Å². The molecule has 0 aliphatic carbocycles. The number of rotatable bonds is 4. The van der Waals surface area contributed by atoms with Crippen LogP contribution in [0.15, 0.2) is 6.07 Å². The third kappa shape index (κ3) is 3.08. The van der Waals surface area contributed by atoms with Crippen LogP contribution in [0, 0.1) is 6.92 Å². The first-order valence-electron chi connectivity index (χ1n) is 6.41. The largest absolute Gasteiger partial charge is 0.378 e. The van der Waals surface area contributed by atoms with Gasteiger partial charge in [0, 0.05) is 31.5 Å². The fourth-order valence-corrected chi connectivity index (χ4v) is 2.27. The molecule has 6 heteroatoms. The number of hydrogen-bond acceptors (Lipinski definition) is 6. The van der Waals surface area contributed by atoms with Gasteiger partial charge in [-0.2, -0.15) is 4.98 Å².